The number of nitrogens with one attached hydrogen (secondary N) is 2. The number of fused-ring (bicyclic) bond motifs is 1. The van der Waals surface area contributed by atoms with Crippen molar-refractivity contribution in [1.82, 2.24) is 0 Å². The first-order valence-corrected chi connectivity index (χ1v) is 8.41. The summed E-state index contributed by atoms with van der Waals surface area (Å²) in [5.41, 5.74) is 1.28. The molecule has 25 heavy (non-hydrogen) atoms. The van der Waals surface area contributed by atoms with Gasteiger partial charge in [0.15, 0.2) is 11.5 Å². The third kappa shape index (κ3) is 4.54. The third-order valence-electron chi connectivity index (χ3n) is 3.50. The van der Waals surface area contributed by atoms with Gasteiger partial charge in [-0.3, -0.25) is 4.79 Å². The summed E-state index contributed by atoms with van der Waals surface area (Å²) >= 11 is 0.481. The smallest absolute Gasteiger partial charge is 0.288 e. The van der Waals surface area contributed by atoms with Gasteiger partial charge in [0, 0.05) is 22.3 Å². The van der Waals surface area contributed by atoms with Gasteiger partial charge in [-0.1, -0.05) is 11.8 Å². The van der Waals surface area contributed by atoms with Crippen LogP contribution in [0.3, 0.4) is 0 Å². The number of alkyl halides is 2. The van der Waals surface area contributed by atoms with Crippen molar-refractivity contribution in [2.45, 2.75) is 23.6 Å². The van der Waals surface area contributed by atoms with E-state index in [0.29, 0.717) is 39.5 Å². The largest absolute Gasteiger partial charge is 0.454 e. The van der Waals surface area contributed by atoms with Crippen molar-refractivity contribution < 1.29 is 23.0 Å². The fourth-order valence-electron chi connectivity index (χ4n) is 2.27. The predicted molar refractivity (Wildman–Crippen MR) is 92.6 cm³/mol. The van der Waals surface area contributed by atoms with Gasteiger partial charge in [-0.05, 0) is 43.3 Å². The summed E-state index contributed by atoms with van der Waals surface area (Å²) in [5, 5.41) is 5.82. The number of hydrogen-bond donors (Lipinski definition) is 2. The van der Waals surface area contributed by atoms with Crippen molar-refractivity contribution >= 4 is 29.0 Å². The van der Waals surface area contributed by atoms with E-state index in [4.69, 9.17) is 9.47 Å². The Morgan fingerprint density at radius 2 is 1.76 bits per heavy atom. The first-order chi connectivity index (χ1) is 12.0. The second-order valence-corrected chi connectivity index (χ2v) is 6.39. The van der Waals surface area contributed by atoms with E-state index in [0.717, 1.165) is 0 Å². The monoisotopic (exact) mass is 366 g/mol. The number of rotatable bonds is 6. The number of halogens is 2. The number of benzene rings is 2. The summed E-state index contributed by atoms with van der Waals surface area (Å²) in [5.74, 6) is -1.45. The summed E-state index contributed by atoms with van der Waals surface area (Å²) in [6.07, 6.45) is 0. The molecular weight excluding hydrogens is 350 g/mol. The number of carbonyl (C=O) groups is 1. The number of ether oxygens (including phenoxy) is 2. The second-order valence-electron chi connectivity index (χ2n) is 5.33. The summed E-state index contributed by atoms with van der Waals surface area (Å²) in [7, 11) is 0. The molecule has 1 aliphatic heterocycles. The lowest BCUT2D eigenvalue weighted by Gasteiger charge is -2.16. The molecule has 0 bridgehead atoms. The summed E-state index contributed by atoms with van der Waals surface area (Å²) in [4.78, 5) is 12.8. The van der Waals surface area contributed by atoms with Crippen molar-refractivity contribution in [3.05, 3.63) is 42.5 Å². The highest BCUT2D eigenvalue weighted by molar-refractivity contribution is 7.99. The van der Waals surface area contributed by atoms with Gasteiger partial charge in [-0.2, -0.15) is 8.78 Å². The quantitative estimate of drug-likeness (QED) is 0.752. The molecule has 2 N–H and O–H groups in total. The molecule has 1 heterocycles. The van der Waals surface area contributed by atoms with Crippen LogP contribution >= 0.6 is 11.8 Å². The lowest BCUT2D eigenvalue weighted by atomic mass is 10.2. The number of carbonyl (C=O) groups excluding carboxylic acids is 1. The Labute approximate surface area is 147 Å². The lowest BCUT2D eigenvalue weighted by molar-refractivity contribution is -0.116. The molecule has 0 radical (unpaired) electrons. The first kappa shape index (κ1) is 17.3. The molecule has 3 rings (SSSR count). The van der Waals surface area contributed by atoms with Crippen LogP contribution in [-0.4, -0.2) is 24.5 Å². The Morgan fingerprint density at radius 3 is 2.48 bits per heavy atom. The van der Waals surface area contributed by atoms with Crippen molar-refractivity contribution in [1.29, 1.82) is 0 Å². The highest BCUT2D eigenvalue weighted by Crippen LogP contribution is 2.34. The second kappa shape index (κ2) is 7.60. The van der Waals surface area contributed by atoms with Crippen molar-refractivity contribution in [3.63, 3.8) is 0 Å². The molecule has 5 nitrogen and oxygen atoms in total. The van der Waals surface area contributed by atoms with Gasteiger partial charge >= 0.3 is 0 Å². The van der Waals surface area contributed by atoms with Gasteiger partial charge in [0.25, 0.3) is 5.76 Å². The minimum atomic E-state index is -2.45. The Hall–Kier alpha value is -2.48. The average Bonchev–Trinajstić information content (AvgIpc) is 3.03. The van der Waals surface area contributed by atoms with Gasteiger partial charge < -0.3 is 20.1 Å². The molecule has 0 unspecified atom stereocenters. The van der Waals surface area contributed by atoms with Crippen molar-refractivity contribution in [2.75, 3.05) is 17.4 Å². The summed E-state index contributed by atoms with van der Waals surface area (Å²) in [6, 6.07) is 11.1. The molecule has 2 aromatic carbocycles. The molecule has 0 saturated heterocycles. The van der Waals surface area contributed by atoms with Gasteiger partial charge in [-0.15, -0.1) is 0 Å². The maximum atomic E-state index is 12.3. The first-order valence-electron chi connectivity index (χ1n) is 7.53. The lowest BCUT2D eigenvalue weighted by Crippen LogP contribution is -2.31. The normalized spacial score (nSPS) is 13.6. The maximum absolute atomic E-state index is 12.3. The summed E-state index contributed by atoms with van der Waals surface area (Å²) in [6.45, 7) is 1.88. The molecule has 1 atom stereocenters. The molecule has 1 aliphatic rings. The van der Waals surface area contributed by atoms with Crippen LogP contribution in [0, 0.1) is 0 Å². The fraction of sp³-hybridized carbons (Fsp3) is 0.235. The van der Waals surface area contributed by atoms with Crippen LogP contribution in [0.2, 0.25) is 0 Å². The van der Waals surface area contributed by atoms with Crippen LogP contribution in [0.15, 0.2) is 47.4 Å². The zero-order chi connectivity index (χ0) is 17.8. The van der Waals surface area contributed by atoms with Crippen molar-refractivity contribution in [3.8, 4) is 11.5 Å². The van der Waals surface area contributed by atoms with Gasteiger partial charge in [0.1, 0.15) is 6.04 Å². The maximum Gasteiger partial charge on any atom is 0.288 e. The Kier molecular flexibility index (Phi) is 5.28. The molecular formula is C17H16F2N2O3S. The van der Waals surface area contributed by atoms with Crippen LogP contribution in [0.1, 0.15) is 6.92 Å². The third-order valence-corrected chi connectivity index (χ3v) is 4.22. The average molecular weight is 366 g/mol. The van der Waals surface area contributed by atoms with Crippen molar-refractivity contribution in [2.24, 2.45) is 0 Å². The molecule has 1 amide bonds. The van der Waals surface area contributed by atoms with E-state index >= 15 is 0 Å². The van der Waals surface area contributed by atoms with E-state index in [9.17, 15) is 13.6 Å². The topological polar surface area (TPSA) is 59.6 Å². The number of hydrogen-bond acceptors (Lipinski definition) is 5. The van der Waals surface area contributed by atoms with Crippen LogP contribution < -0.4 is 20.1 Å². The SMILES string of the molecule is C[C@@H](Nc1ccc(SC(F)F)cc1)C(=O)Nc1ccc2c(c1)OCO2. The van der Waals surface area contributed by atoms with E-state index in [1.165, 1.54) is 0 Å². The highest BCUT2D eigenvalue weighted by Gasteiger charge is 2.17. The molecule has 0 spiro atoms. The minimum absolute atomic E-state index is 0.171. The molecule has 0 saturated carbocycles. The number of anilines is 2. The van der Waals surface area contributed by atoms with E-state index in [-0.39, 0.29) is 12.7 Å². The molecule has 0 fully saturated rings. The number of thioether (sulfide) groups is 1. The van der Waals surface area contributed by atoms with Gasteiger partial charge in [-0.25, -0.2) is 0 Å². The van der Waals surface area contributed by atoms with Crippen LogP contribution in [0.5, 0.6) is 11.5 Å². The van der Waals surface area contributed by atoms with Gasteiger partial charge in [0.05, 0.1) is 0 Å². The van der Waals surface area contributed by atoms with E-state index < -0.39 is 11.8 Å². The standard InChI is InChI=1S/C17H16F2N2O3S/c1-10(20-11-2-5-13(6-3-11)25-17(18)19)16(22)21-12-4-7-14-15(8-12)24-9-23-14/h2-8,10,17,20H,9H2,1H3,(H,21,22)/t10-/m1/s1. The van der Waals surface area contributed by atoms with Crippen LogP contribution in [-0.2, 0) is 4.79 Å². The minimum Gasteiger partial charge on any atom is -0.454 e. The number of amides is 1. The highest BCUT2D eigenvalue weighted by atomic mass is 32.2. The zero-order valence-electron chi connectivity index (χ0n) is 13.3. The Morgan fingerprint density at radius 1 is 1.08 bits per heavy atom. The molecule has 132 valence electrons. The molecule has 8 heteroatoms. The van der Waals surface area contributed by atoms with E-state index in [2.05, 4.69) is 10.6 Å². The van der Waals surface area contributed by atoms with E-state index in [1.807, 2.05) is 0 Å². The Bertz CT molecular complexity index is 756. The van der Waals surface area contributed by atoms with E-state index in [1.54, 1.807) is 49.4 Å². The van der Waals surface area contributed by atoms with Crippen LogP contribution in [0.25, 0.3) is 0 Å². The van der Waals surface area contributed by atoms with Crippen LogP contribution in [0.4, 0.5) is 20.2 Å². The Balaban J connectivity index is 1.57. The van der Waals surface area contributed by atoms with Gasteiger partial charge in [0.2, 0.25) is 12.7 Å². The fourth-order valence-corrected chi connectivity index (χ4v) is 2.77. The summed E-state index contributed by atoms with van der Waals surface area (Å²) < 4.78 is 35.1. The molecule has 0 aliphatic carbocycles. The zero-order valence-corrected chi connectivity index (χ0v) is 14.1. The molecule has 2 aromatic rings. The molecule has 0 aromatic heterocycles. The predicted octanol–water partition coefficient (Wildman–Crippen LogP) is 4.17.